The summed E-state index contributed by atoms with van der Waals surface area (Å²) in [7, 11) is 0. The van der Waals surface area contributed by atoms with Gasteiger partial charge in [0.1, 0.15) is 0 Å². The van der Waals surface area contributed by atoms with Crippen LogP contribution >= 0.6 is 0 Å². The molecule has 0 unspecified atom stereocenters. The van der Waals surface area contributed by atoms with E-state index in [4.69, 9.17) is 4.74 Å². The molecule has 0 rings (SSSR count). The summed E-state index contributed by atoms with van der Waals surface area (Å²) in [6.07, 6.45) is 15.3. The Bertz CT molecular complexity index is 134. The fraction of sp³-hybridized carbons (Fsp3) is 1.00. The topological polar surface area (TPSA) is 21.3 Å². The molecule has 0 aromatic rings. The van der Waals surface area contributed by atoms with E-state index in [9.17, 15) is 0 Å². The normalized spacial score (nSPS) is 11.1. The lowest BCUT2D eigenvalue weighted by atomic mass is 10.1. The summed E-state index contributed by atoms with van der Waals surface area (Å²) in [5.41, 5.74) is 0. The highest BCUT2D eigenvalue weighted by atomic mass is 16.5. The van der Waals surface area contributed by atoms with Gasteiger partial charge in [0.25, 0.3) is 0 Å². The van der Waals surface area contributed by atoms with Crippen LogP contribution in [0.4, 0.5) is 0 Å². The number of nitrogens with one attached hydrogen (secondary N) is 1. The Hall–Kier alpha value is -0.0800. The third-order valence-corrected chi connectivity index (χ3v) is 3.55. The first kappa shape index (κ1) is 18.9. The van der Waals surface area contributed by atoms with Gasteiger partial charge in [-0.3, -0.25) is 0 Å². The lowest BCUT2D eigenvalue weighted by Gasteiger charge is -2.05. The van der Waals surface area contributed by atoms with Crippen LogP contribution in [-0.2, 0) is 4.74 Å². The van der Waals surface area contributed by atoms with Crippen molar-refractivity contribution >= 4 is 0 Å². The Labute approximate surface area is 121 Å². The Balaban J connectivity index is 2.88. The molecule has 0 saturated carbocycles. The molecule has 0 aliphatic heterocycles. The zero-order chi connectivity index (χ0) is 14.0. The Morgan fingerprint density at radius 2 is 1.16 bits per heavy atom. The first-order chi connectivity index (χ1) is 9.41. The molecule has 0 atom stereocenters. The van der Waals surface area contributed by atoms with Crippen LogP contribution in [0.3, 0.4) is 0 Å². The fourth-order valence-electron chi connectivity index (χ4n) is 2.31. The van der Waals surface area contributed by atoms with Gasteiger partial charge in [-0.2, -0.15) is 0 Å². The van der Waals surface area contributed by atoms with Crippen molar-refractivity contribution in [2.24, 2.45) is 0 Å². The van der Waals surface area contributed by atoms with E-state index in [0.29, 0.717) is 0 Å². The van der Waals surface area contributed by atoms with Crippen molar-refractivity contribution in [2.45, 2.75) is 84.5 Å². The van der Waals surface area contributed by atoms with Gasteiger partial charge in [-0.05, 0) is 32.9 Å². The van der Waals surface area contributed by atoms with Crippen molar-refractivity contribution in [1.29, 1.82) is 0 Å². The van der Waals surface area contributed by atoms with Crippen LogP contribution in [-0.4, -0.2) is 26.3 Å². The maximum Gasteiger partial charge on any atom is 0.0477 e. The number of hydrogen-bond donors (Lipinski definition) is 1. The molecule has 0 amide bonds. The van der Waals surface area contributed by atoms with Crippen molar-refractivity contribution in [3.8, 4) is 0 Å². The van der Waals surface area contributed by atoms with E-state index < -0.39 is 0 Å². The standard InChI is InChI=1S/C17H37NO/c1-3-5-6-7-8-9-10-11-12-13-15-18-16-14-17-19-4-2/h18H,3-17H2,1-2H3. The SMILES string of the molecule is CCCCCCCCCCCCNCCCOCC. The first-order valence-corrected chi connectivity index (χ1v) is 8.70. The summed E-state index contributed by atoms with van der Waals surface area (Å²) in [5, 5.41) is 3.49. The largest absolute Gasteiger partial charge is 0.382 e. The Kier molecular flexibility index (Phi) is 17.8. The highest BCUT2D eigenvalue weighted by Gasteiger charge is 1.93. The molecule has 2 heteroatoms. The van der Waals surface area contributed by atoms with E-state index in [0.717, 1.165) is 26.2 Å². The third-order valence-electron chi connectivity index (χ3n) is 3.55. The summed E-state index contributed by atoms with van der Waals surface area (Å²) in [4.78, 5) is 0. The second kappa shape index (κ2) is 17.9. The van der Waals surface area contributed by atoms with Crippen LogP contribution in [0.15, 0.2) is 0 Å². The molecule has 0 radical (unpaired) electrons. The Morgan fingerprint density at radius 1 is 0.632 bits per heavy atom. The summed E-state index contributed by atoms with van der Waals surface area (Å²) < 4.78 is 5.30. The maximum atomic E-state index is 5.30. The average Bonchev–Trinajstić information content (AvgIpc) is 2.43. The lowest BCUT2D eigenvalue weighted by Crippen LogP contribution is -2.18. The van der Waals surface area contributed by atoms with Gasteiger partial charge in [0.05, 0.1) is 0 Å². The smallest absolute Gasteiger partial charge is 0.0477 e. The van der Waals surface area contributed by atoms with E-state index in [1.165, 1.54) is 70.8 Å². The molecular weight excluding hydrogens is 234 g/mol. The second-order valence-electron chi connectivity index (χ2n) is 5.48. The molecule has 0 aromatic heterocycles. The lowest BCUT2D eigenvalue weighted by molar-refractivity contribution is 0.145. The fourth-order valence-corrected chi connectivity index (χ4v) is 2.31. The quantitative estimate of drug-likeness (QED) is 0.402. The molecule has 0 bridgehead atoms. The van der Waals surface area contributed by atoms with E-state index in [1.54, 1.807) is 0 Å². The summed E-state index contributed by atoms with van der Waals surface area (Å²) in [5.74, 6) is 0. The predicted molar refractivity (Wildman–Crippen MR) is 85.8 cm³/mol. The van der Waals surface area contributed by atoms with Crippen molar-refractivity contribution in [3.63, 3.8) is 0 Å². The molecule has 19 heavy (non-hydrogen) atoms. The van der Waals surface area contributed by atoms with Crippen molar-refractivity contribution < 1.29 is 4.74 Å². The minimum absolute atomic E-state index is 0.846. The van der Waals surface area contributed by atoms with Crippen molar-refractivity contribution in [2.75, 3.05) is 26.3 Å². The van der Waals surface area contributed by atoms with Crippen LogP contribution in [0.1, 0.15) is 84.5 Å². The third kappa shape index (κ3) is 17.9. The summed E-state index contributed by atoms with van der Waals surface area (Å²) >= 11 is 0. The van der Waals surface area contributed by atoms with Gasteiger partial charge in [-0.15, -0.1) is 0 Å². The van der Waals surface area contributed by atoms with Crippen molar-refractivity contribution in [1.82, 2.24) is 5.32 Å². The molecule has 0 aliphatic rings. The predicted octanol–water partition coefficient (Wildman–Crippen LogP) is 4.92. The van der Waals surface area contributed by atoms with Crippen LogP contribution in [0.5, 0.6) is 0 Å². The van der Waals surface area contributed by atoms with E-state index in [2.05, 4.69) is 19.2 Å². The minimum atomic E-state index is 0.846. The molecule has 116 valence electrons. The van der Waals surface area contributed by atoms with Crippen LogP contribution < -0.4 is 5.32 Å². The highest BCUT2D eigenvalue weighted by Crippen LogP contribution is 2.10. The number of ether oxygens (including phenoxy) is 1. The molecule has 1 N–H and O–H groups in total. The molecule has 0 spiro atoms. The average molecular weight is 271 g/mol. The van der Waals surface area contributed by atoms with Gasteiger partial charge < -0.3 is 10.1 Å². The molecule has 0 aliphatic carbocycles. The summed E-state index contributed by atoms with van der Waals surface area (Å²) in [6, 6.07) is 0. The van der Waals surface area contributed by atoms with Gasteiger partial charge in [-0.1, -0.05) is 64.7 Å². The maximum absolute atomic E-state index is 5.30. The van der Waals surface area contributed by atoms with Gasteiger partial charge >= 0.3 is 0 Å². The number of hydrogen-bond acceptors (Lipinski definition) is 2. The number of unbranched alkanes of at least 4 members (excludes halogenated alkanes) is 9. The first-order valence-electron chi connectivity index (χ1n) is 8.70. The minimum Gasteiger partial charge on any atom is -0.382 e. The van der Waals surface area contributed by atoms with Crippen molar-refractivity contribution in [3.05, 3.63) is 0 Å². The molecule has 0 saturated heterocycles. The van der Waals surface area contributed by atoms with Gasteiger partial charge in [0.2, 0.25) is 0 Å². The highest BCUT2D eigenvalue weighted by molar-refractivity contribution is 4.51. The monoisotopic (exact) mass is 271 g/mol. The van der Waals surface area contributed by atoms with E-state index in [1.807, 2.05) is 0 Å². The zero-order valence-electron chi connectivity index (χ0n) is 13.5. The van der Waals surface area contributed by atoms with Gasteiger partial charge in [0, 0.05) is 13.2 Å². The van der Waals surface area contributed by atoms with E-state index in [-0.39, 0.29) is 0 Å². The molecule has 0 aromatic carbocycles. The molecule has 2 nitrogen and oxygen atoms in total. The van der Waals surface area contributed by atoms with Crippen LogP contribution in [0.2, 0.25) is 0 Å². The number of rotatable bonds is 16. The zero-order valence-corrected chi connectivity index (χ0v) is 13.5. The summed E-state index contributed by atoms with van der Waals surface area (Å²) in [6.45, 7) is 8.38. The van der Waals surface area contributed by atoms with Crippen LogP contribution in [0.25, 0.3) is 0 Å². The molecule has 0 heterocycles. The second-order valence-corrected chi connectivity index (χ2v) is 5.48. The molecular formula is C17H37NO. The van der Waals surface area contributed by atoms with Gasteiger partial charge in [0.15, 0.2) is 0 Å². The Morgan fingerprint density at radius 3 is 1.74 bits per heavy atom. The van der Waals surface area contributed by atoms with Crippen LogP contribution in [0, 0.1) is 0 Å². The van der Waals surface area contributed by atoms with E-state index >= 15 is 0 Å². The molecule has 0 fully saturated rings. The van der Waals surface area contributed by atoms with Gasteiger partial charge in [-0.25, -0.2) is 0 Å².